The maximum absolute atomic E-state index is 13.8. The second-order valence-corrected chi connectivity index (χ2v) is 10.5. The normalized spacial score (nSPS) is 16.1. The van der Waals surface area contributed by atoms with Crippen molar-refractivity contribution in [2.75, 3.05) is 24.7 Å². The highest BCUT2D eigenvalue weighted by Crippen LogP contribution is 2.46. The first-order valence-corrected chi connectivity index (χ1v) is 14.4. The fourth-order valence-electron chi connectivity index (χ4n) is 4.97. The number of aryl methyl sites for hydroxylation is 2. The van der Waals surface area contributed by atoms with Crippen LogP contribution in [0.2, 0.25) is 0 Å². The molecule has 0 saturated carbocycles. The van der Waals surface area contributed by atoms with Crippen LogP contribution in [0.25, 0.3) is 11.4 Å². The molecular formula is C31H30N4O7S. The van der Waals surface area contributed by atoms with E-state index in [4.69, 9.17) is 14.2 Å². The lowest BCUT2D eigenvalue weighted by Gasteiger charge is -2.24. The second kappa shape index (κ2) is 12.1. The molecule has 1 atom stereocenters. The van der Waals surface area contributed by atoms with Gasteiger partial charge >= 0.3 is 11.9 Å². The number of amides is 1. The van der Waals surface area contributed by atoms with Gasteiger partial charge < -0.3 is 19.3 Å². The van der Waals surface area contributed by atoms with Gasteiger partial charge in [0.1, 0.15) is 22.8 Å². The van der Waals surface area contributed by atoms with Crippen molar-refractivity contribution in [1.29, 1.82) is 0 Å². The molecule has 4 heterocycles. The zero-order valence-corrected chi connectivity index (χ0v) is 24.9. The molecule has 222 valence electrons. The van der Waals surface area contributed by atoms with E-state index in [0.717, 1.165) is 11.3 Å². The summed E-state index contributed by atoms with van der Waals surface area (Å²) in [4.78, 5) is 50.5. The summed E-state index contributed by atoms with van der Waals surface area (Å²) in [6, 6.07) is 9.24. The van der Waals surface area contributed by atoms with Gasteiger partial charge in [0, 0.05) is 6.20 Å². The Morgan fingerprint density at radius 3 is 2.58 bits per heavy atom. The first-order chi connectivity index (χ1) is 20.7. The number of ketones is 1. The number of hydrogen-bond donors (Lipinski definition) is 1. The number of anilines is 1. The molecule has 1 N–H and O–H groups in total. The SMILES string of the molecule is C=CCOc1ccc(C2C(=C(O)c3c(C)nc4ccccn34)C(=O)C(=O)N2c2nc(C)c(C(=O)OCC)s2)cc1OCC. The standard InChI is InChI=1S/C31H30N4O7S/c1-6-15-42-20-13-12-19(16-21(20)40-7-2)25-23(26(36)24-17(4)32-22-11-9-10-14-34(22)24)27(37)29(38)35(25)31-33-18(5)28(43-31)30(39)41-8-3/h6,9-14,16,25,36H,1,7-8,15H2,2-5H3. The number of fused-ring (bicyclic) bond motifs is 1. The zero-order valence-electron chi connectivity index (χ0n) is 24.1. The molecule has 0 aliphatic carbocycles. The Balaban J connectivity index is 1.75. The number of carbonyl (C=O) groups excluding carboxylic acids is 3. The molecule has 0 radical (unpaired) electrons. The van der Waals surface area contributed by atoms with Crippen LogP contribution < -0.4 is 14.4 Å². The molecule has 12 heteroatoms. The molecule has 11 nitrogen and oxygen atoms in total. The fraction of sp³-hybridized carbons (Fsp3) is 0.258. The number of Topliss-reactive ketones (excluding diaryl/α,β-unsaturated/α-hetero) is 1. The molecule has 5 rings (SSSR count). The number of pyridine rings is 1. The molecule has 1 amide bonds. The summed E-state index contributed by atoms with van der Waals surface area (Å²) in [5.74, 6) is -1.99. The van der Waals surface area contributed by atoms with E-state index in [1.165, 1.54) is 4.90 Å². The number of ether oxygens (including phenoxy) is 3. The number of hydrogen-bond acceptors (Lipinski definition) is 10. The van der Waals surface area contributed by atoms with Crippen molar-refractivity contribution in [3.05, 3.63) is 88.3 Å². The number of imidazole rings is 1. The molecule has 1 aliphatic rings. The molecule has 4 aromatic rings. The van der Waals surface area contributed by atoms with Crippen LogP contribution in [-0.4, -0.2) is 57.0 Å². The maximum atomic E-state index is 13.8. The molecular weight excluding hydrogens is 572 g/mol. The number of aliphatic hydroxyl groups excluding tert-OH is 1. The van der Waals surface area contributed by atoms with Crippen LogP contribution >= 0.6 is 11.3 Å². The van der Waals surface area contributed by atoms with E-state index in [-0.39, 0.29) is 34.5 Å². The van der Waals surface area contributed by atoms with Crippen molar-refractivity contribution in [1.82, 2.24) is 14.4 Å². The van der Waals surface area contributed by atoms with Crippen LogP contribution in [0, 0.1) is 13.8 Å². The Morgan fingerprint density at radius 2 is 1.86 bits per heavy atom. The van der Waals surface area contributed by atoms with Crippen molar-refractivity contribution >= 4 is 45.5 Å². The Bertz CT molecular complexity index is 1790. The molecule has 0 spiro atoms. The quantitative estimate of drug-likeness (QED) is 0.0858. The minimum absolute atomic E-state index is 0.103. The Morgan fingerprint density at radius 1 is 1.07 bits per heavy atom. The Hall–Kier alpha value is -4.97. The van der Waals surface area contributed by atoms with Crippen LogP contribution in [0.4, 0.5) is 5.13 Å². The third-order valence-corrected chi connectivity index (χ3v) is 7.90. The van der Waals surface area contributed by atoms with Crippen LogP contribution in [0.15, 0.2) is 60.8 Å². The Labute approximate surface area is 251 Å². The van der Waals surface area contributed by atoms with Gasteiger partial charge in [0.25, 0.3) is 5.78 Å². The summed E-state index contributed by atoms with van der Waals surface area (Å²) in [5.41, 5.74) is 1.94. The second-order valence-electron chi connectivity index (χ2n) is 9.51. The first-order valence-electron chi connectivity index (χ1n) is 13.6. The smallest absolute Gasteiger partial charge is 0.350 e. The molecule has 1 aliphatic heterocycles. The molecule has 0 bridgehead atoms. The number of esters is 1. The number of aliphatic hydroxyl groups is 1. The highest BCUT2D eigenvalue weighted by atomic mass is 32.1. The number of nitrogens with zero attached hydrogens (tertiary/aromatic N) is 4. The van der Waals surface area contributed by atoms with Gasteiger partial charge in [-0.25, -0.2) is 14.8 Å². The third kappa shape index (κ3) is 5.25. The number of benzene rings is 1. The van der Waals surface area contributed by atoms with E-state index in [2.05, 4.69) is 16.5 Å². The molecule has 1 saturated heterocycles. The van der Waals surface area contributed by atoms with Crippen LogP contribution in [0.5, 0.6) is 11.5 Å². The molecule has 1 fully saturated rings. The predicted octanol–water partition coefficient (Wildman–Crippen LogP) is 5.17. The molecule has 1 unspecified atom stereocenters. The van der Waals surface area contributed by atoms with E-state index >= 15 is 0 Å². The van der Waals surface area contributed by atoms with E-state index < -0.39 is 29.5 Å². The molecule has 3 aromatic heterocycles. The summed E-state index contributed by atoms with van der Waals surface area (Å²) in [5, 5.41) is 11.9. The van der Waals surface area contributed by atoms with Crippen LogP contribution in [0.1, 0.15) is 52.2 Å². The Kier molecular flexibility index (Phi) is 8.31. The number of aromatic nitrogens is 3. The lowest BCUT2D eigenvalue weighted by molar-refractivity contribution is -0.132. The van der Waals surface area contributed by atoms with Crippen molar-refractivity contribution in [2.24, 2.45) is 0 Å². The largest absolute Gasteiger partial charge is 0.505 e. The summed E-state index contributed by atoms with van der Waals surface area (Å²) >= 11 is 0.933. The number of thiazole rings is 1. The highest BCUT2D eigenvalue weighted by molar-refractivity contribution is 7.17. The van der Waals surface area contributed by atoms with Gasteiger partial charge in [0.2, 0.25) is 0 Å². The fourth-order valence-corrected chi connectivity index (χ4v) is 5.96. The summed E-state index contributed by atoms with van der Waals surface area (Å²) in [6.07, 6.45) is 3.31. The lowest BCUT2D eigenvalue weighted by Crippen LogP contribution is -2.29. The van der Waals surface area contributed by atoms with E-state index in [1.54, 1.807) is 67.8 Å². The van der Waals surface area contributed by atoms with Crippen molar-refractivity contribution in [3.8, 4) is 11.5 Å². The van der Waals surface area contributed by atoms with Crippen molar-refractivity contribution in [3.63, 3.8) is 0 Å². The van der Waals surface area contributed by atoms with Gasteiger partial charge in [0.15, 0.2) is 22.4 Å². The summed E-state index contributed by atoms with van der Waals surface area (Å²) < 4.78 is 18.4. The van der Waals surface area contributed by atoms with Crippen molar-refractivity contribution in [2.45, 2.75) is 33.7 Å². The van der Waals surface area contributed by atoms with E-state index in [1.807, 2.05) is 13.0 Å². The lowest BCUT2D eigenvalue weighted by atomic mass is 9.96. The zero-order chi connectivity index (χ0) is 30.8. The predicted molar refractivity (Wildman–Crippen MR) is 161 cm³/mol. The average Bonchev–Trinajstić information content (AvgIpc) is 3.62. The molecule has 1 aromatic carbocycles. The van der Waals surface area contributed by atoms with E-state index in [0.29, 0.717) is 40.7 Å². The van der Waals surface area contributed by atoms with Crippen LogP contribution in [-0.2, 0) is 14.3 Å². The monoisotopic (exact) mass is 602 g/mol. The van der Waals surface area contributed by atoms with Gasteiger partial charge in [0.05, 0.1) is 36.2 Å². The first kappa shape index (κ1) is 29.5. The maximum Gasteiger partial charge on any atom is 0.350 e. The van der Waals surface area contributed by atoms with Gasteiger partial charge in [-0.2, -0.15) is 0 Å². The van der Waals surface area contributed by atoms with Crippen molar-refractivity contribution < 1.29 is 33.7 Å². The number of rotatable bonds is 10. The minimum atomic E-state index is -1.12. The average molecular weight is 603 g/mol. The summed E-state index contributed by atoms with van der Waals surface area (Å²) in [6.45, 7) is 11.2. The van der Waals surface area contributed by atoms with Gasteiger partial charge in [-0.3, -0.25) is 18.9 Å². The molecule has 43 heavy (non-hydrogen) atoms. The summed E-state index contributed by atoms with van der Waals surface area (Å²) in [7, 11) is 0. The third-order valence-electron chi connectivity index (χ3n) is 6.77. The highest BCUT2D eigenvalue weighted by Gasteiger charge is 2.49. The number of carbonyl (C=O) groups is 3. The minimum Gasteiger partial charge on any atom is -0.505 e. The van der Waals surface area contributed by atoms with Gasteiger partial charge in [-0.15, -0.1) is 0 Å². The van der Waals surface area contributed by atoms with Gasteiger partial charge in [-0.1, -0.05) is 36.1 Å². The topological polar surface area (TPSA) is 133 Å². The van der Waals surface area contributed by atoms with E-state index in [9.17, 15) is 19.5 Å². The van der Waals surface area contributed by atoms with Crippen LogP contribution in [0.3, 0.4) is 0 Å². The van der Waals surface area contributed by atoms with Gasteiger partial charge in [-0.05, 0) is 57.5 Å².